The molecule has 0 radical (unpaired) electrons. The van der Waals surface area contributed by atoms with Crippen molar-refractivity contribution in [2.45, 2.75) is 11.3 Å². The van der Waals surface area contributed by atoms with Crippen LogP contribution in [0.3, 0.4) is 0 Å². The number of carbonyl (C=O) groups is 3. The second kappa shape index (κ2) is 6.59. The lowest BCUT2D eigenvalue weighted by molar-refractivity contribution is -0.384. The standard InChI is InChI=1S/C25H15ClN2O5/c26-18-10-9-13(28(32)33)11-19(18)27-23(30)21-20-14-5-1-3-7-16(14)25(12-29,22(21)24(27)31)17-8-4-2-6-15(17)20/h1-12,20-22H/t20?,21-,22+,25?/m0/s1. The summed E-state index contributed by atoms with van der Waals surface area (Å²) in [4.78, 5) is 52.3. The van der Waals surface area contributed by atoms with Crippen molar-refractivity contribution in [3.8, 4) is 0 Å². The average molecular weight is 459 g/mol. The summed E-state index contributed by atoms with van der Waals surface area (Å²) in [5.41, 5.74) is 1.47. The number of hydrogen-bond acceptors (Lipinski definition) is 5. The Morgan fingerprint density at radius 1 is 0.939 bits per heavy atom. The van der Waals surface area contributed by atoms with Gasteiger partial charge in [0.15, 0.2) is 0 Å². The van der Waals surface area contributed by atoms with Gasteiger partial charge in [-0.15, -0.1) is 0 Å². The highest BCUT2D eigenvalue weighted by atomic mass is 35.5. The number of hydrogen-bond donors (Lipinski definition) is 0. The number of carbonyl (C=O) groups excluding carboxylic acids is 3. The predicted molar refractivity (Wildman–Crippen MR) is 119 cm³/mol. The number of aldehydes is 1. The molecule has 0 aromatic heterocycles. The Kier molecular flexibility index (Phi) is 3.95. The van der Waals surface area contributed by atoms with Crippen LogP contribution in [0.2, 0.25) is 5.02 Å². The molecule has 33 heavy (non-hydrogen) atoms. The van der Waals surface area contributed by atoms with E-state index in [0.717, 1.165) is 39.5 Å². The minimum atomic E-state index is -1.33. The maximum absolute atomic E-state index is 13.9. The second-order valence-electron chi connectivity index (χ2n) is 8.55. The van der Waals surface area contributed by atoms with E-state index >= 15 is 0 Å². The van der Waals surface area contributed by atoms with Gasteiger partial charge in [-0.1, -0.05) is 60.1 Å². The summed E-state index contributed by atoms with van der Waals surface area (Å²) in [7, 11) is 0. The number of amides is 2. The van der Waals surface area contributed by atoms with E-state index in [-0.39, 0.29) is 16.4 Å². The molecule has 8 heteroatoms. The number of nitro groups is 1. The Morgan fingerprint density at radius 2 is 1.55 bits per heavy atom. The lowest BCUT2D eigenvalue weighted by atomic mass is 9.48. The van der Waals surface area contributed by atoms with Crippen molar-refractivity contribution in [1.82, 2.24) is 0 Å². The Morgan fingerprint density at radius 3 is 2.12 bits per heavy atom. The van der Waals surface area contributed by atoms with Crippen molar-refractivity contribution in [3.05, 3.63) is 104 Å². The molecule has 2 bridgehead atoms. The summed E-state index contributed by atoms with van der Waals surface area (Å²) < 4.78 is 0. The van der Waals surface area contributed by atoms with Crippen LogP contribution in [0.15, 0.2) is 66.7 Å². The lowest BCUT2D eigenvalue weighted by Crippen LogP contribution is -2.54. The van der Waals surface area contributed by atoms with Gasteiger partial charge in [0, 0.05) is 18.1 Å². The fraction of sp³-hybridized carbons (Fsp3) is 0.160. The first-order valence-electron chi connectivity index (χ1n) is 10.4. The first-order valence-corrected chi connectivity index (χ1v) is 10.8. The molecule has 1 heterocycles. The molecule has 1 saturated heterocycles. The minimum absolute atomic E-state index is 0.0381. The summed E-state index contributed by atoms with van der Waals surface area (Å²) in [5.74, 6) is -3.28. The van der Waals surface area contributed by atoms with Crippen LogP contribution in [0.1, 0.15) is 28.2 Å². The third kappa shape index (κ3) is 2.27. The van der Waals surface area contributed by atoms with Crippen molar-refractivity contribution in [1.29, 1.82) is 0 Å². The molecule has 1 aliphatic heterocycles. The first-order chi connectivity index (χ1) is 15.9. The molecule has 0 spiro atoms. The maximum Gasteiger partial charge on any atom is 0.271 e. The predicted octanol–water partition coefficient (Wildman–Crippen LogP) is 4.00. The van der Waals surface area contributed by atoms with E-state index in [9.17, 15) is 24.5 Å². The number of rotatable bonds is 3. The zero-order chi connectivity index (χ0) is 23.1. The smallest absolute Gasteiger partial charge is 0.271 e. The fourth-order valence-corrected chi connectivity index (χ4v) is 6.26. The van der Waals surface area contributed by atoms with Crippen LogP contribution in [0.5, 0.6) is 0 Å². The third-order valence-electron chi connectivity index (χ3n) is 7.25. The Hall–Kier alpha value is -3.84. The molecule has 7 rings (SSSR count). The zero-order valence-corrected chi connectivity index (χ0v) is 17.7. The highest BCUT2D eigenvalue weighted by Crippen LogP contribution is 2.63. The number of benzene rings is 3. The molecule has 162 valence electrons. The molecule has 2 atom stereocenters. The zero-order valence-electron chi connectivity index (χ0n) is 17.0. The van der Waals surface area contributed by atoms with Crippen LogP contribution >= 0.6 is 11.6 Å². The monoisotopic (exact) mass is 458 g/mol. The van der Waals surface area contributed by atoms with Gasteiger partial charge >= 0.3 is 0 Å². The first kappa shape index (κ1) is 19.8. The van der Waals surface area contributed by atoms with E-state index in [1.165, 1.54) is 12.1 Å². The van der Waals surface area contributed by atoms with Gasteiger partial charge in [-0.3, -0.25) is 19.7 Å². The molecule has 1 fully saturated rings. The van der Waals surface area contributed by atoms with Crippen LogP contribution in [0, 0.1) is 22.0 Å². The summed E-state index contributed by atoms with van der Waals surface area (Å²) in [6.07, 6.45) is 0.779. The summed E-state index contributed by atoms with van der Waals surface area (Å²) in [5, 5.41) is 11.4. The lowest BCUT2D eigenvalue weighted by Gasteiger charge is -2.51. The molecule has 2 amide bonds. The van der Waals surface area contributed by atoms with E-state index in [1.54, 1.807) is 0 Å². The molecule has 4 aliphatic rings. The maximum atomic E-state index is 13.9. The molecule has 3 aliphatic carbocycles. The molecule has 0 unspecified atom stereocenters. The Bertz CT molecular complexity index is 1370. The molecular weight excluding hydrogens is 444 g/mol. The van der Waals surface area contributed by atoms with Crippen molar-refractivity contribution >= 4 is 41.1 Å². The van der Waals surface area contributed by atoms with Crippen LogP contribution in [0.25, 0.3) is 0 Å². The number of imide groups is 1. The molecule has 0 N–H and O–H groups in total. The quantitative estimate of drug-likeness (QED) is 0.256. The van der Waals surface area contributed by atoms with Gasteiger partial charge < -0.3 is 4.79 Å². The molecule has 3 aromatic carbocycles. The number of anilines is 1. The van der Waals surface area contributed by atoms with Gasteiger partial charge in [0.25, 0.3) is 5.69 Å². The average Bonchev–Trinajstić information content (AvgIpc) is 3.10. The van der Waals surface area contributed by atoms with Gasteiger partial charge in [0.1, 0.15) is 6.29 Å². The third-order valence-corrected chi connectivity index (χ3v) is 7.57. The van der Waals surface area contributed by atoms with Gasteiger partial charge in [-0.25, -0.2) is 4.90 Å². The number of non-ortho nitro benzene ring substituents is 1. The van der Waals surface area contributed by atoms with Crippen LogP contribution in [0.4, 0.5) is 11.4 Å². The fourth-order valence-electron chi connectivity index (χ4n) is 6.05. The molecule has 7 nitrogen and oxygen atoms in total. The summed E-state index contributed by atoms with van der Waals surface area (Å²) in [6, 6.07) is 18.4. The topological polar surface area (TPSA) is 97.6 Å². The SMILES string of the molecule is O=CC12c3ccccc3C(c3ccccc31)[C@@H]1C(=O)N(c3cc([N+](=O)[O-])ccc3Cl)C(=O)[C@@H]12. The van der Waals surface area contributed by atoms with Gasteiger partial charge in [0.2, 0.25) is 11.8 Å². The van der Waals surface area contributed by atoms with Crippen molar-refractivity contribution in [2.24, 2.45) is 11.8 Å². The van der Waals surface area contributed by atoms with E-state index in [0.29, 0.717) is 0 Å². The van der Waals surface area contributed by atoms with E-state index in [4.69, 9.17) is 11.6 Å². The normalized spacial score (nSPS) is 26.6. The van der Waals surface area contributed by atoms with Crippen LogP contribution in [-0.4, -0.2) is 23.0 Å². The van der Waals surface area contributed by atoms with E-state index in [1.807, 2.05) is 48.5 Å². The minimum Gasteiger partial charge on any atom is -0.302 e. The van der Waals surface area contributed by atoms with Crippen LogP contribution in [-0.2, 0) is 19.8 Å². The Labute approximate surface area is 192 Å². The summed E-state index contributed by atoms with van der Waals surface area (Å²) >= 11 is 6.31. The highest BCUT2D eigenvalue weighted by Gasteiger charge is 2.68. The van der Waals surface area contributed by atoms with Gasteiger partial charge in [-0.05, 0) is 28.3 Å². The number of nitro benzene ring substituents is 1. The highest BCUT2D eigenvalue weighted by molar-refractivity contribution is 6.36. The van der Waals surface area contributed by atoms with Crippen molar-refractivity contribution in [3.63, 3.8) is 0 Å². The van der Waals surface area contributed by atoms with E-state index < -0.39 is 39.9 Å². The molecular formula is C25H15ClN2O5. The molecule has 0 saturated carbocycles. The second-order valence-corrected chi connectivity index (χ2v) is 8.95. The van der Waals surface area contributed by atoms with Gasteiger partial charge in [0.05, 0.1) is 32.9 Å². The largest absolute Gasteiger partial charge is 0.302 e. The van der Waals surface area contributed by atoms with Crippen molar-refractivity contribution in [2.75, 3.05) is 4.90 Å². The Balaban J connectivity index is 1.63. The van der Waals surface area contributed by atoms with Crippen LogP contribution < -0.4 is 4.90 Å². The number of nitrogens with zero attached hydrogens (tertiary/aromatic N) is 2. The van der Waals surface area contributed by atoms with E-state index in [2.05, 4.69) is 0 Å². The number of halogens is 1. The van der Waals surface area contributed by atoms with Crippen molar-refractivity contribution < 1.29 is 19.3 Å². The van der Waals surface area contributed by atoms with Gasteiger partial charge in [-0.2, -0.15) is 0 Å². The molecule has 3 aromatic rings. The summed E-state index contributed by atoms with van der Waals surface area (Å²) in [6.45, 7) is 0.